The first-order chi connectivity index (χ1) is 11.7. The Morgan fingerprint density at radius 1 is 1.36 bits per heavy atom. The Bertz CT molecular complexity index is 722. The number of aryl methyl sites for hydroxylation is 1. The van der Waals surface area contributed by atoms with Crippen molar-refractivity contribution in [1.82, 2.24) is 0 Å². The maximum atomic E-state index is 12.2. The van der Waals surface area contributed by atoms with Crippen LogP contribution < -0.4 is 0 Å². The lowest BCUT2D eigenvalue weighted by Crippen LogP contribution is -2.48. The van der Waals surface area contributed by atoms with Crippen LogP contribution in [0, 0.1) is 11.8 Å². The van der Waals surface area contributed by atoms with Crippen LogP contribution in [0.3, 0.4) is 0 Å². The van der Waals surface area contributed by atoms with E-state index in [2.05, 4.69) is 5.18 Å². The van der Waals surface area contributed by atoms with E-state index >= 15 is 0 Å². The predicted molar refractivity (Wildman–Crippen MR) is 88.6 cm³/mol. The van der Waals surface area contributed by atoms with Crippen LogP contribution in [0.15, 0.2) is 34.3 Å². The Hall–Kier alpha value is -1.55. The number of carbonyl (C=O) groups is 1. The molecule has 10 heteroatoms. The van der Waals surface area contributed by atoms with Gasteiger partial charge >= 0.3 is 5.97 Å². The molecule has 1 aliphatic rings. The minimum atomic E-state index is -4.01. The van der Waals surface area contributed by atoms with E-state index < -0.39 is 46.5 Å². The van der Waals surface area contributed by atoms with Crippen molar-refractivity contribution in [3.8, 4) is 0 Å². The lowest BCUT2D eigenvalue weighted by molar-refractivity contribution is -0.168. The van der Waals surface area contributed by atoms with Crippen molar-refractivity contribution >= 4 is 27.7 Å². The number of ether oxygens (including phenoxy) is 2. The molecule has 2 rings (SSSR count). The molecule has 1 aromatic rings. The number of halogens is 1. The zero-order valence-electron chi connectivity index (χ0n) is 13.6. The first kappa shape index (κ1) is 19.8. The van der Waals surface area contributed by atoms with E-state index in [0.717, 1.165) is 5.56 Å². The molecule has 1 saturated heterocycles. The predicted octanol–water partition coefficient (Wildman–Crippen LogP) is 2.12. The van der Waals surface area contributed by atoms with Crippen molar-refractivity contribution in [1.29, 1.82) is 0 Å². The van der Waals surface area contributed by atoms with Crippen molar-refractivity contribution in [2.24, 2.45) is 5.18 Å². The summed E-state index contributed by atoms with van der Waals surface area (Å²) < 4.78 is 39.9. The number of hydrogen-bond acceptors (Lipinski definition) is 8. The van der Waals surface area contributed by atoms with E-state index in [4.69, 9.17) is 25.3 Å². The van der Waals surface area contributed by atoms with Crippen LogP contribution in [0.1, 0.15) is 18.9 Å². The highest BCUT2D eigenvalue weighted by Crippen LogP contribution is 2.28. The van der Waals surface area contributed by atoms with Gasteiger partial charge in [0, 0.05) is 13.3 Å². The van der Waals surface area contributed by atoms with Gasteiger partial charge in [0.1, 0.15) is 18.2 Å². The van der Waals surface area contributed by atoms with Gasteiger partial charge in [0.25, 0.3) is 10.1 Å². The fourth-order valence-corrected chi connectivity index (χ4v) is 3.55. The Balaban J connectivity index is 2.09. The molecular formula is C15H18ClNO7S. The summed E-state index contributed by atoms with van der Waals surface area (Å²) in [5.74, 6) is -0.599. The molecule has 8 nitrogen and oxygen atoms in total. The highest BCUT2D eigenvalue weighted by Gasteiger charge is 2.41. The van der Waals surface area contributed by atoms with Crippen LogP contribution >= 0.6 is 11.6 Å². The van der Waals surface area contributed by atoms with Gasteiger partial charge in [-0.1, -0.05) is 34.5 Å². The van der Waals surface area contributed by atoms with Gasteiger partial charge < -0.3 is 9.47 Å². The zero-order chi connectivity index (χ0) is 18.6. The van der Waals surface area contributed by atoms with Gasteiger partial charge in [0.2, 0.25) is 0 Å². The average Bonchev–Trinajstić information content (AvgIpc) is 2.54. The molecule has 0 unspecified atom stereocenters. The molecule has 0 bridgehead atoms. The summed E-state index contributed by atoms with van der Waals surface area (Å²) in [6.45, 7) is 2.61. The molecule has 0 spiro atoms. The van der Waals surface area contributed by atoms with E-state index in [1.165, 1.54) is 19.1 Å². The Kier molecular flexibility index (Phi) is 6.50. The van der Waals surface area contributed by atoms with E-state index in [0.29, 0.717) is 0 Å². The average molecular weight is 392 g/mol. The molecule has 1 aliphatic heterocycles. The van der Waals surface area contributed by atoms with E-state index in [1.807, 2.05) is 6.92 Å². The van der Waals surface area contributed by atoms with Gasteiger partial charge in [0.15, 0.2) is 5.56 Å². The molecule has 25 heavy (non-hydrogen) atoms. The fraction of sp³-hybridized carbons (Fsp3) is 0.533. The number of esters is 1. The Morgan fingerprint density at radius 3 is 2.56 bits per heavy atom. The molecule has 0 radical (unpaired) electrons. The number of rotatable bonds is 6. The summed E-state index contributed by atoms with van der Waals surface area (Å²) in [5.41, 5.74) is -0.151. The van der Waals surface area contributed by atoms with Gasteiger partial charge in [-0.15, -0.1) is 0 Å². The molecule has 0 aliphatic carbocycles. The molecule has 138 valence electrons. The van der Waals surface area contributed by atoms with Crippen LogP contribution in [0.2, 0.25) is 0 Å². The number of alkyl halides is 1. The van der Waals surface area contributed by atoms with Crippen molar-refractivity contribution in [2.75, 3.05) is 6.61 Å². The van der Waals surface area contributed by atoms with Crippen molar-refractivity contribution < 1.29 is 26.9 Å². The largest absolute Gasteiger partial charge is 0.460 e. The standard InChI is InChI=1S/C15H18ClNO7S/c1-9-3-5-11(6-4-9)25(20,21)22-8-14-13(23-10(2)18)7-12(17-19)15(16)24-14/h3-6,12-15H,7-8H2,1-2H3/t12-,13-,14+,15-/m0/s1. The fourth-order valence-electron chi connectivity index (χ4n) is 2.35. The number of carbonyl (C=O) groups excluding carboxylic acids is 1. The molecule has 1 aromatic carbocycles. The third-order valence-electron chi connectivity index (χ3n) is 3.65. The van der Waals surface area contributed by atoms with Crippen LogP contribution in [0.4, 0.5) is 0 Å². The third kappa shape index (κ3) is 5.21. The van der Waals surface area contributed by atoms with E-state index in [1.54, 1.807) is 12.1 Å². The van der Waals surface area contributed by atoms with Crippen molar-refractivity contribution in [2.45, 2.75) is 49.0 Å². The monoisotopic (exact) mass is 391 g/mol. The molecule has 0 aromatic heterocycles. The highest BCUT2D eigenvalue weighted by atomic mass is 35.5. The quantitative estimate of drug-likeness (QED) is 0.316. The minimum Gasteiger partial charge on any atom is -0.460 e. The summed E-state index contributed by atoms with van der Waals surface area (Å²) in [7, 11) is -4.01. The Labute approximate surface area is 150 Å². The van der Waals surface area contributed by atoms with E-state index in [9.17, 15) is 18.1 Å². The van der Waals surface area contributed by atoms with Gasteiger partial charge in [-0.2, -0.15) is 13.3 Å². The molecule has 1 heterocycles. The summed E-state index contributed by atoms with van der Waals surface area (Å²) >= 11 is 5.90. The molecule has 0 saturated carbocycles. The van der Waals surface area contributed by atoms with Crippen LogP contribution in [-0.2, 0) is 28.6 Å². The molecular weight excluding hydrogens is 374 g/mol. The maximum Gasteiger partial charge on any atom is 0.302 e. The summed E-state index contributed by atoms with van der Waals surface area (Å²) in [5, 5.41) is 2.83. The van der Waals surface area contributed by atoms with Crippen molar-refractivity contribution in [3.63, 3.8) is 0 Å². The molecule has 4 atom stereocenters. The second-order valence-corrected chi connectivity index (χ2v) is 7.68. The van der Waals surface area contributed by atoms with Crippen LogP contribution in [-0.4, -0.2) is 44.8 Å². The SMILES string of the molecule is CC(=O)O[C@H]1C[C@H](N=O)[C@@H](Cl)O[C@@H]1COS(=O)(=O)c1ccc(C)cc1. The molecule has 0 amide bonds. The lowest BCUT2D eigenvalue weighted by Gasteiger charge is -2.35. The van der Waals surface area contributed by atoms with Gasteiger partial charge in [-0.3, -0.25) is 8.98 Å². The minimum absolute atomic E-state index is 0.00666. The number of nitroso groups, excluding NO2 is 1. The van der Waals surface area contributed by atoms with Crippen LogP contribution in [0.25, 0.3) is 0 Å². The third-order valence-corrected chi connectivity index (χ3v) is 5.34. The maximum absolute atomic E-state index is 12.2. The first-order valence-corrected chi connectivity index (χ1v) is 9.32. The molecule has 0 N–H and O–H groups in total. The van der Waals surface area contributed by atoms with Gasteiger partial charge in [-0.05, 0) is 19.1 Å². The summed E-state index contributed by atoms with van der Waals surface area (Å²) in [6, 6.07) is 5.23. The van der Waals surface area contributed by atoms with E-state index in [-0.39, 0.29) is 11.3 Å². The zero-order valence-corrected chi connectivity index (χ0v) is 15.2. The second-order valence-electron chi connectivity index (χ2n) is 5.63. The summed E-state index contributed by atoms with van der Waals surface area (Å²) in [4.78, 5) is 22.0. The topological polar surface area (TPSA) is 108 Å². The number of benzene rings is 1. The van der Waals surface area contributed by atoms with Gasteiger partial charge in [0.05, 0.1) is 11.5 Å². The van der Waals surface area contributed by atoms with Gasteiger partial charge in [-0.25, -0.2) is 0 Å². The smallest absolute Gasteiger partial charge is 0.302 e. The number of hydrogen-bond donors (Lipinski definition) is 0. The summed E-state index contributed by atoms with van der Waals surface area (Å²) in [6.07, 6.45) is -1.80. The lowest BCUT2D eigenvalue weighted by atomic mass is 10.0. The Morgan fingerprint density at radius 2 is 2.00 bits per heavy atom. The normalized spacial score (nSPS) is 26.8. The second kappa shape index (κ2) is 8.22. The number of nitrogens with zero attached hydrogens (tertiary/aromatic N) is 1. The van der Waals surface area contributed by atoms with Crippen LogP contribution in [0.5, 0.6) is 0 Å². The highest BCUT2D eigenvalue weighted by molar-refractivity contribution is 7.86. The first-order valence-electron chi connectivity index (χ1n) is 7.48. The van der Waals surface area contributed by atoms with Crippen molar-refractivity contribution in [3.05, 3.63) is 34.7 Å². The molecule has 1 fully saturated rings.